The van der Waals surface area contributed by atoms with E-state index in [4.69, 9.17) is 5.73 Å². The molecule has 1 atom stereocenters. The van der Waals surface area contributed by atoms with Crippen LogP contribution in [-0.2, 0) is 0 Å². The highest BCUT2D eigenvalue weighted by Crippen LogP contribution is 2.20. The van der Waals surface area contributed by atoms with Crippen LogP contribution in [0.2, 0.25) is 0 Å². The predicted molar refractivity (Wildman–Crippen MR) is 73.9 cm³/mol. The van der Waals surface area contributed by atoms with E-state index in [-0.39, 0.29) is 21.8 Å². The first kappa shape index (κ1) is 15.1. The van der Waals surface area contributed by atoms with Crippen LogP contribution in [0, 0.1) is 11.2 Å². The van der Waals surface area contributed by atoms with Gasteiger partial charge in [0.15, 0.2) is 0 Å². The monoisotopic (exact) mass is 316 g/mol. The van der Waals surface area contributed by atoms with E-state index in [1.54, 1.807) is 0 Å². The first-order valence-corrected chi connectivity index (χ1v) is 6.51. The molecule has 0 bridgehead atoms. The van der Waals surface area contributed by atoms with Gasteiger partial charge in [-0.3, -0.25) is 4.79 Å². The number of nitrogens with one attached hydrogen (secondary N) is 1. The molecule has 3 N–H and O–H groups in total. The molecule has 0 heterocycles. The van der Waals surface area contributed by atoms with E-state index < -0.39 is 5.82 Å². The molecule has 3 nitrogen and oxygen atoms in total. The normalized spacial score (nSPS) is 13.2. The zero-order valence-corrected chi connectivity index (χ0v) is 12.3. The molecule has 1 amide bonds. The minimum absolute atomic E-state index is 0.123. The number of carbonyl (C=O) groups excluding carboxylic acids is 1. The molecule has 100 valence electrons. The fourth-order valence-electron chi connectivity index (χ4n) is 1.51. The van der Waals surface area contributed by atoms with Crippen LogP contribution in [0.25, 0.3) is 0 Å². The summed E-state index contributed by atoms with van der Waals surface area (Å²) in [4.78, 5) is 12.0. The second kappa shape index (κ2) is 5.80. The largest absolute Gasteiger partial charge is 0.348 e. The Hall–Kier alpha value is -0.940. The van der Waals surface area contributed by atoms with Crippen LogP contribution in [0.5, 0.6) is 0 Å². The number of rotatable bonds is 3. The lowest BCUT2D eigenvalue weighted by Crippen LogP contribution is -2.48. The van der Waals surface area contributed by atoms with Crippen LogP contribution in [0.15, 0.2) is 22.7 Å². The maximum atomic E-state index is 13.1. The summed E-state index contributed by atoms with van der Waals surface area (Å²) in [5.74, 6) is -0.640. The van der Waals surface area contributed by atoms with Crippen molar-refractivity contribution in [3.8, 4) is 0 Å². The van der Waals surface area contributed by atoms with Crippen molar-refractivity contribution in [1.29, 1.82) is 0 Å². The zero-order valence-electron chi connectivity index (χ0n) is 10.8. The molecular formula is C13H18BrFN2O. The van der Waals surface area contributed by atoms with Crippen LogP contribution in [-0.4, -0.2) is 18.5 Å². The molecule has 5 heteroatoms. The molecule has 0 saturated carbocycles. The lowest BCUT2D eigenvalue weighted by atomic mass is 9.86. The van der Waals surface area contributed by atoms with Crippen molar-refractivity contribution in [3.05, 3.63) is 34.1 Å². The second-order valence-corrected chi connectivity index (χ2v) is 6.11. The molecule has 0 radical (unpaired) electrons. The lowest BCUT2D eigenvalue weighted by Gasteiger charge is -2.30. The molecule has 0 aliphatic rings. The van der Waals surface area contributed by atoms with Crippen molar-refractivity contribution >= 4 is 21.8 Å². The lowest BCUT2D eigenvalue weighted by molar-refractivity contribution is 0.0905. The van der Waals surface area contributed by atoms with Gasteiger partial charge in [-0.1, -0.05) is 20.8 Å². The fraction of sp³-hybridized carbons (Fsp3) is 0.462. The number of benzene rings is 1. The van der Waals surface area contributed by atoms with Crippen LogP contribution in [0.4, 0.5) is 4.39 Å². The fourth-order valence-corrected chi connectivity index (χ4v) is 1.89. The maximum absolute atomic E-state index is 13.1. The van der Waals surface area contributed by atoms with Gasteiger partial charge < -0.3 is 11.1 Å². The van der Waals surface area contributed by atoms with E-state index in [1.807, 2.05) is 20.8 Å². The third kappa shape index (κ3) is 3.78. The van der Waals surface area contributed by atoms with E-state index in [1.165, 1.54) is 18.2 Å². The summed E-state index contributed by atoms with van der Waals surface area (Å²) in [6.45, 7) is 6.37. The van der Waals surface area contributed by atoms with Gasteiger partial charge in [-0.05, 0) is 39.5 Å². The smallest absolute Gasteiger partial charge is 0.251 e. The summed E-state index contributed by atoms with van der Waals surface area (Å²) >= 11 is 3.06. The molecular weight excluding hydrogens is 299 g/mol. The highest BCUT2D eigenvalue weighted by Gasteiger charge is 2.25. The summed E-state index contributed by atoms with van der Waals surface area (Å²) in [5.41, 5.74) is 5.94. The van der Waals surface area contributed by atoms with Gasteiger partial charge in [-0.2, -0.15) is 0 Å². The van der Waals surface area contributed by atoms with E-state index in [9.17, 15) is 9.18 Å². The van der Waals surface area contributed by atoms with Gasteiger partial charge in [0.1, 0.15) is 5.82 Å². The molecule has 0 aliphatic heterocycles. The first-order chi connectivity index (χ1) is 8.25. The minimum Gasteiger partial charge on any atom is -0.348 e. The molecule has 18 heavy (non-hydrogen) atoms. The van der Waals surface area contributed by atoms with E-state index in [0.29, 0.717) is 12.1 Å². The second-order valence-electron chi connectivity index (χ2n) is 5.26. The number of hydrogen-bond acceptors (Lipinski definition) is 2. The van der Waals surface area contributed by atoms with Crippen LogP contribution >= 0.6 is 15.9 Å². The number of halogens is 2. The predicted octanol–water partition coefficient (Wildman–Crippen LogP) is 2.69. The summed E-state index contributed by atoms with van der Waals surface area (Å²) < 4.78 is 13.4. The Morgan fingerprint density at radius 3 is 2.56 bits per heavy atom. The molecule has 0 aliphatic carbocycles. The minimum atomic E-state index is -0.391. The Morgan fingerprint density at radius 2 is 2.11 bits per heavy atom. The number of amides is 1. The zero-order chi connectivity index (χ0) is 13.9. The van der Waals surface area contributed by atoms with Gasteiger partial charge in [-0.15, -0.1) is 0 Å². The maximum Gasteiger partial charge on any atom is 0.251 e. The van der Waals surface area contributed by atoms with E-state index in [2.05, 4.69) is 21.2 Å². The molecule has 1 rings (SSSR count). The molecule has 0 fully saturated rings. The summed E-state index contributed by atoms with van der Waals surface area (Å²) in [6.07, 6.45) is 0. The summed E-state index contributed by atoms with van der Waals surface area (Å²) in [5, 5.41) is 2.86. The van der Waals surface area contributed by atoms with Crippen molar-refractivity contribution in [3.63, 3.8) is 0 Å². The highest BCUT2D eigenvalue weighted by molar-refractivity contribution is 9.10. The molecule has 0 spiro atoms. The Balaban J connectivity index is 2.85. The van der Waals surface area contributed by atoms with Crippen LogP contribution < -0.4 is 11.1 Å². The molecule has 0 saturated heterocycles. The number of hydrogen-bond donors (Lipinski definition) is 2. The standard InChI is InChI=1S/C13H18BrFN2O/c1-13(2,3)11(7-16)17-12(18)8-4-5-10(15)9(14)6-8/h4-6,11H,7,16H2,1-3H3,(H,17,18). The topological polar surface area (TPSA) is 55.1 Å². The molecule has 1 unspecified atom stereocenters. The average Bonchev–Trinajstić information content (AvgIpc) is 2.27. The van der Waals surface area contributed by atoms with E-state index in [0.717, 1.165) is 0 Å². The third-order valence-electron chi connectivity index (χ3n) is 2.77. The molecule has 1 aromatic carbocycles. The van der Waals surface area contributed by atoms with Gasteiger partial charge in [0.25, 0.3) is 5.91 Å². The van der Waals surface area contributed by atoms with Gasteiger partial charge >= 0.3 is 0 Å². The first-order valence-electron chi connectivity index (χ1n) is 5.71. The Bertz CT molecular complexity index is 443. The average molecular weight is 317 g/mol. The van der Waals surface area contributed by atoms with Gasteiger partial charge in [0.2, 0.25) is 0 Å². The Labute approximate surface area is 115 Å². The van der Waals surface area contributed by atoms with Crippen molar-refractivity contribution in [2.24, 2.45) is 11.1 Å². The van der Waals surface area contributed by atoms with Crippen molar-refractivity contribution in [2.45, 2.75) is 26.8 Å². The third-order valence-corrected chi connectivity index (χ3v) is 3.38. The van der Waals surface area contributed by atoms with Crippen molar-refractivity contribution < 1.29 is 9.18 Å². The van der Waals surface area contributed by atoms with Crippen LogP contribution in [0.3, 0.4) is 0 Å². The summed E-state index contributed by atoms with van der Waals surface area (Å²) in [7, 11) is 0. The summed E-state index contributed by atoms with van der Waals surface area (Å²) in [6, 6.07) is 4.04. The Kier molecular flexibility index (Phi) is 4.87. The highest BCUT2D eigenvalue weighted by atomic mass is 79.9. The van der Waals surface area contributed by atoms with Gasteiger partial charge in [0, 0.05) is 18.2 Å². The van der Waals surface area contributed by atoms with Crippen molar-refractivity contribution in [2.75, 3.05) is 6.54 Å². The Morgan fingerprint density at radius 1 is 1.50 bits per heavy atom. The number of nitrogens with two attached hydrogens (primary N) is 1. The van der Waals surface area contributed by atoms with Gasteiger partial charge in [-0.25, -0.2) is 4.39 Å². The number of carbonyl (C=O) groups is 1. The molecule has 0 aromatic heterocycles. The van der Waals surface area contributed by atoms with E-state index >= 15 is 0 Å². The van der Waals surface area contributed by atoms with Gasteiger partial charge in [0.05, 0.1) is 4.47 Å². The van der Waals surface area contributed by atoms with Crippen molar-refractivity contribution in [1.82, 2.24) is 5.32 Å². The van der Waals surface area contributed by atoms with Crippen LogP contribution in [0.1, 0.15) is 31.1 Å². The molecule has 1 aromatic rings. The quantitative estimate of drug-likeness (QED) is 0.900. The SMILES string of the molecule is CC(C)(C)C(CN)NC(=O)c1ccc(F)c(Br)c1.